The first-order chi connectivity index (χ1) is 15.3. The molecule has 0 N–H and O–H groups in total. The number of likely N-dealkylation sites (tertiary alicyclic amines) is 1. The number of pyridine rings is 1. The van der Waals surface area contributed by atoms with Crippen LogP contribution in [0.15, 0.2) is 41.5 Å². The number of hydrogen-bond donors (Lipinski definition) is 0. The zero-order valence-corrected chi connectivity index (χ0v) is 18.7. The molecule has 0 radical (unpaired) electrons. The third-order valence-electron chi connectivity index (χ3n) is 7.40. The highest BCUT2D eigenvalue weighted by Gasteiger charge is 2.54. The summed E-state index contributed by atoms with van der Waals surface area (Å²) in [6.45, 7) is 5.60. The molecule has 1 fully saturated rings. The van der Waals surface area contributed by atoms with E-state index in [-0.39, 0.29) is 11.5 Å². The standard InChI is InChI=1S/C25H27N3O4/c1-23(2)20-19(5-4-10-26-20)24(32-23)8-11-28(12-9-24)22-27-21(29)25(31-22)14-16-6-7-18(30-3)13-17(16)15-25/h4-7,10,13H,8-9,11-12,14-15H2,1-3H3. The topological polar surface area (TPSA) is 73.2 Å². The van der Waals surface area contributed by atoms with Gasteiger partial charge in [-0.15, -0.1) is 0 Å². The highest BCUT2D eigenvalue weighted by Crippen LogP contribution is 2.51. The maximum Gasteiger partial charge on any atom is 0.296 e. The van der Waals surface area contributed by atoms with Crippen molar-refractivity contribution in [3.05, 3.63) is 58.9 Å². The van der Waals surface area contributed by atoms with Crippen LogP contribution < -0.4 is 4.74 Å². The number of benzene rings is 1. The summed E-state index contributed by atoms with van der Waals surface area (Å²) in [6, 6.07) is 10.5. The molecular formula is C25H27N3O4. The van der Waals surface area contributed by atoms with E-state index in [1.807, 2.05) is 30.5 Å². The van der Waals surface area contributed by atoms with Crippen LogP contribution in [0.4, 0.5) is 0 Å². The molecule has 1 aromatic carbocycles. The molecule has 1 unspecified atom stereocenters. The van der Waals surface area contributed by atoms with Gasteiger partial charge in [-0.05, 0) is 56.0 Å². The average molecular weight is 434 g/mol. The van der Waals surface area contributed by atoms with Crippen molar-refractivity contribution in [1.82, 2.24) is 9.88 Å². The number of amides is 1. The number of hydrogen-bond acceptors (Lipinski definition) is 6. The third-order valence-corrected chi connectivity index (χ3v) is 7.40. The fraction of sp³-hybridized carbons (Fsp3) is 0.480. The van der Waals surface area contributed by atoms with E-state index in [1.165, 1.54) is 5.56 Å². The van der Waals surface area contributed by atoms with Crippen LogP contribution in [0.2, 0.25) is 0 Å². The predicted molar refractivity (Wildman–Crippen MR) is 117 cm³/mol. The van der Waals surface area contributed by atoms with Crippen molar-refractivity contribution in [2.75, 3.05) is 20.2 Å². The van der Waals surface area contributed by atoms with E-state index in [0.29, 0.717) is 32.0 Å². The third kappa shape index (κ3) is 2.73. The van der Waals surface area contributed by atoms with Gasteiger partial charge in [0, 0.05) is 37.7 Å². The second kappa shape index (κ2) is 6.54. The lowest BCUT2D eigenvalue weighted by molar-refractivity contribution is -0.148. The van der Waals surface area contributed by atoms with Gasteiger partial charge in [-0.1, -0.05) is 12.1 Å². The summed E-state index contributed by atoms with van der Waals surface area (Å²) < 4.78 is 18.2. The summed E-state index contributed by atoms with van der Waals surface area (Å²) in [5.74, 6) is 0.610. The Morgan fingerprint density at radius 1 is 1.06 bits per heavy atom. The minimum Gasteiger partial charge on any atom is -0.497 e. The Morgan fingerprint density at radius 3 is 2.62 bits per heavy atom. The number of carbonyl (C=O) groups is 1. The van der Waals surface area contributed by atoms with Crippen molar-refractivity contribution in [2.24, 2.45) is 4.99 Å². The summed E-state index contributed by atoms with van der Waals surface area (Å²) in [5, 5.41) is 0. The molecule has 6 rings (SSSR count). The molecule has 32 heavy (non-hydrogen) atoms. The first kappa shape index (κ1) is 19.7. The van der Waals surface area contributed by atoms with Crippen molar-refractivity contribution in [3.63, 3.8) is 0 Å². The molecule has 4 heterocycles. The number of ether oxygens (including phenoxy) is 3. The Balaban J connectivity index is 1.19. The van der Waals surface area contributed by atoms with E-state index in [4.69, 9.17) is 14.2 Å². The van der Waals surface area contributed by atoms with Crippen LogP contribution in [-0.4, -0.2) is 47.6 Å². The zero-order chi connectivity index (χ0) is 22.1. The minimum absolute atomic E-state index is 0.184. The van der Waals surface area contributed by atoms with Gasteiger partial charge < -0.3 is 19.1 Å². The Morgan fingerprint density at radius 2 is 1.84 bits per heavy atom. The van der Waals surface area contributed by atoms with Crippen molar-refractivity contribution in [2.45, 2.75) is 56.3 Å². The van der Waals surface area contributed by atoms with Crippen LogP contribution in [0.3, 0.4) is 0 Å². The summed E-state index contributed by atoms with van der Waals surface area (Å²) in [4.78, 5) is 24.0. The molecule has 1 aromatic heterocycles. The number of amidine groups is 1. The van der Waals surface area contributed by atoms with Crippen molar-refractivity contribution >= 4 is 11.9 Å². The first-order valence-electron chi connectivity index (χ1n) is 11.2. The van der Waals surface area contributed by atoms with Gasteiger partial charge in [0.25, 0.3) is 11.9 Å². The second-order valence-electron chi connectivity index (χ2n) is 9.78. The number of carbonyl (C=O) groups excluding carboxylic acids is 1. The van der Waals surface area contributed by atoms with Gasteiger partial charge in [-0.25, -0.2) is 0 Å². The number of fused-ring (bicyclic) bond motifs is 3. The lowest BCUT2D eigenvalue weighted by Crippen LogP contribution is -2.47. The smallest absolute Gasteiger partial charge is 0.296 e. The molecule has 4 aliphatic rings. The summed E-state index contributed by atoms with van der Waals surface area (Å²) in [6.07, 6.45) is 4.51. The summed E-state index contributed by atoms with van der Waals surface area (Å²) >= 11 is 0. The van der Waals surface area contributed by atoms with Crippen molar-refractivity contribution in [3.8, 4) is 5.75 Å². The number of aliphatic imine (C=N–C) groups is 1. The number of rotatable bonds is 1. The molecule has 0 bridgehead atoms. The molecule has 2 aromatic rings. The van der Waals surface area contributed by atoms with E-state index in [9.17, 15) is 4.79 Å². The van der Waals surface area contributed by atoms with Crippen LogP contribution in [0.5, 0.6) is 5.75 Å². The van der Waals surface area contributed by atoms with Gasteiger partial charge >= 0.3 is 0 Å². The molecule has 1 atom stereocenters. The lowest BCUT2D eigenvalue weighted by atomic mass is 9.84. The first-order valence-corrected chi connectivity index (χ1v) is 11.2. The molecule has 7 heteroatoms. The van der Waals surface area contributed by atoms with Gasteiger partial charge in [0.2, 0.25) is 5.60 Å². The number of aromatic nitrogens is 1. The predicted octanol–water partition coefficient (Wildman–Crippen LogP) is 3.10. The van der Waals surface area contributed by atoms with Crippen LogP contribution in [0, 0.1) is 0 Å². The van der Waals surface area contributed by atoms with Crippen LogP contribution in [-0.2, 0) is 38.3 Å². The minimum atomic E-state index is -0.915. The number of nitrogens with zero attached hydrogens (tertiary/aromatic N) is 3. The monoisotopic (exact) mass is 433 g/mol. The molecule has 1 saturated heterocycles. The second-order valence-corrected chi connectivity index (χ2v) is 9.78. The van der Waals surface area contributed by atoms with Gasteiger partial charge in [0.05, 0.1) is 18.4 Å². The molecule has 1 aliphatic carbocycles. The Labute approximate surface area is 187 Å². The zero-order valence-electron chi connectivity index (χ0n) is 18.7. The summed E-state index contributed by atoms with van der Waals surface area (Å²) in [5.41, 5.74) is 2.77. The van der Waals surface area contributed by atoms with Crippen LogP contribution >= 0.6 is 0 Å². The largest absolute Gasteiger partial charge is 0.497 e. The van der Waals surface area contributed by atoms with Gasteiger partial charge in [0.1, 0.15) is 11.4 Å². The molecule has 0 saturated carbocycles. The quantitative estimate of drug-likeness (QED) is 0.688. The van der Waals surface area contributed by atoms with Crippen molar-refractivity contribution < 1.29 is 19.0 Å². The Kier molecular flexibility index (Phi) is 4.03. The van der Waals surface area contributed by atoms with Crippen LogP contribution in [0.25, 0.3) is 0 Å². The molecule has 2 spiro atoms. The maximum absolute atomic E-state index is 13.0. The fourth-order valence-corrected chi connectivity index (χ4v) is 5.81. The van der Waals surface area contributed by atoms with E-state index in [1.54, 1.807) is 7.11 Å². The number of methoxy groups -OCH3 is 1. The van der Waals surface area contributed by atoms with E-state index >= 15 is 0 Å². The molecule has 3 aliphatic heterocycles. The van der Waals surface area contributed by atoms with Crippen LogP contribution in [0.1, 0.15) is 49.1 Å². The van der Waals surface area contributed by atoms with Gasteiger partial charge in [-0.3, -0.25) is 9.78 Å². The van der Waals surface area contributed by atoms with Gasteiger partial charge in [-0.2, -0.15) is 4.99 Å². The van der Waals surface area contributed by atoms with Gasteiger partial charge in [0.15, 0.2) is 0 Å². The van der Waals surface area contributed by atoms with E-state index in [2.05, 4.69) is 34.8 Å². The Bertz CT molecular complexity index is 1150. The molecular weight excluding hydrogens is 406 g/mol. The van der Waals surface area contributed by atoms with Crippen molar-refractivity contribution in [1.29, 1.82) is 0 Å². The Hall–Kier alpha value is -2.93. The number of piperidine rings is 1. The fourth-order valence-electron chi connectivity index (χ4n) is 5.81. The molecule has 166 valence electrons. The normalized spacial score (nSPS) is 26.8. The highest BCUT2D eigenvalue weighted by molar-refractivity contribution is 6.02. The van der Waals surface area contributed by atoms with E-state index in [0.717, 1.165) is 35.4 Å². The molecule has 7 nitrogen and oxygen atoms in total. The molecule has 1 amide bonds. The lowest BCUT2D eigenvalue weighted by Gasteiger charge is -2.41. The summed E-state index contributed by atoms with van der Waals surface area (Å²) in [7, 11) is 1.65. The maximum atomic E-state index is 13.0. The SMILES string of the molecule is COc1ccc2c(c1)CC1(C2)OC(N2CCC3(CC2)OC(C)(C)c2ncccc23)=NC1=O. The average Bonchev–Trinajstić information content (AvgIpc) is 3.38. The van der Waals surface area contributed by atoms with E-state index < -0.39 is 11.2 Å². The highest BCUT2D eigenvalue weighted by atomic mass is 16.5.